The average Bonchev–Trinajstić information content (AvgIpc) is 2.84. The van der Waals surface area contributed by atoms with E-state index in [0.717, 1.165) is 22.4 Å². The Morgan fingerprint density at radius 1 is 1.05 bits per heavy atom. The Morgan fingerprint density at radius 3 is 2.55 bits per heavy atom. The monoisotopic (exact) mass is 304 g/mol. The second kappa shape index (κ2) is 5.15. The zero-order valence-electron chi connectivity index (χ0n) is 10.3. The van der Waals surface area contributed by atoms with Crippen LogP contribution in [-0.2, 0) is 0 Å². The Balaban J connectivity index is 2.24. The molecule has 6 heteroatoms. The molecule has 0 bridgehead atoms. The zero-order valence-corrected chi connectivity index (χ0v) is 11.8. The van der Waals surface area contributed by atoms with Crippen molar-refractivity contribution in [3.8, 4) is 22.4 Å². The molecule has 0 aliphatic rings. The summed E-state index contributed by atoms with van der Waals surface area (Å²) in [6, 6.07) is 8.99. The van der Waals surface area contributed by atoms with Gasteiger partial charge in [0.1, 0.15) is 0 Å². The average molecular weight is 305 g/mol. The summed E-state index contributed by atoms with van der Waals surface area (Å²) in [4.78, 5) is 4.00. The summed E-state index contributed by atoms with van der Waals surface area (Å²) in [5.74, 6) is 0.405. The van der Waals surface area contributed by atoms with Crippen molar-refractivity contribution in [3.05, 3.63) is 52.8 Å². The van der Waals surface area contributed by atoms with Crippen molar-refractivity contribution in [2.45, 2.75) is 0 Å². The fraction of sp³-hybridized carbons (Fsp3) is 0. The van der Waals surface area contributed by atoms with Gasteiger partial charge in [-0.25, -0.2) is 0 Å². The predicted octanol–water partition coefficient (Wildman–Crippen LogP) is 4.03. The van der Waals surface area contributed by atoms with Crippen LogP contribution < -0.4 is 5.73 Å². The molecule has 0 atom stereocenters. The number of nitrogens with two attached hydrogens (primary N) is 1. The van der Waals surface area contributed by atoms with Gasteiger partial charge in [-0.15, -0.1) is 0 Å². The molecular formula is C14H10Cl2N4. The van der Waals surface area contributed by atoms with Gasteiger partial charge in [-0.2, -0.15) is 5.10 Å². The van der Waals surface area contributed by atoms with Crippen molar-refractivity contribution in [2.24, 2.45) is 0 Å². The van der Waals surface area contributed by atoms with Gasteiger partial charge in [0.25, 0.3) is 0 Å². The molecule has 100 valence electrons. The lowest BCUT2D eigenvalue weighted by atomic mass is 10.0. The summed E-state index contributed by atoms with van der Waals surface area (Å²) >= 11 is 12.3. The predicted molar refractivity (Wildman–Crippen MR) is 81.7 cm³/mol. The highest BCUT2D eigenvalue weighted by atomic mass is 35.5. The van der Waals surface area contributed by atoms with Crippen LogP contribution in [0.2, 0.25) is 10.0 Å². The molecule has 3 rings (SSSR count). The van der Waals surface area contributed by atoms with Crippen LogP contribution in [0.25, 0.3) is 22.4 Å². The number of aromatic amines is 1. The van der Waals surface area contributed by atoms with Crippen LogP contribution >= 0.6 is 23.2 Å². The van der Waals surface area contributed by atoms with E-state index in [9.17, 15) is 0 Å². The molecule has 2 heterocycles. The third kappa shape index (κ3) is 2.24. The molecule has 3 N–H and O–H groups in total. The summed E-state index contributed by atoms with van der Waals surface area (Å²) in [7, 11) is 0. The van der Waals surface area contributed by atoms with E-state index in [1.54, 1.807) is 30.6 Å². The van der Waals surface area contributed by atoms with Crippen molar-refractivity contribution in [1.82, 2.24) is 15.2 Å². The number of pyridine rings is 1. The minimum atomic E-state index is 0.405. The van der Waals surface area contributed by atoms with Crippen molar-refractivity contribution >= 4 is 29.0 Å². The number of halogens is 2. The van der Waals surface area contributed by atoms with E-state index in [2.05, 4.69) is 15.2 Å². The van der Waals surface area contributed by atoms with Gasteiger partial charge in [0.15, 0.2) is 5.82 Å². The van der Waals surface area contributed by atoms with Crippen molar-refractivity contribution < 1.29 is 0 Å². The first-order valence-electron chi connectivity index (χ1n) is 5.86. The standard InChI is InChI=1S/C14H10Cl2N4/c15-9-1-2-11(16)10(7-9)13-12(14(17)20-19-13)8-3-5-18-6-4-8/h1-7H,(H3,17,19,20). The number of hydrogen-bond donors (Lipinski definition) is 2. The number of H-pyrrole nitrogens is 1. The number of anilines is 1. The Labute approximate surface area is 125 Å². The smallest absolute Gasteiger partial charge is 0.153 e. The van der Waals surface area contributed by atoms with E-state index in [1.165, 1.54) is 0 Å². The topological polar surface area (TPSA) is 67.6 Å². The second-order valence-corrected chi connectivity index (χ2v) is 5.06. The van der Waals surface area contributed by atoms with Gasteiger partial charge >= 0.3 is 0 Å². The van der Waals surface area contributed by atoms with Crippen LogP contribution in [0.5, 0.6) is 0 Å². The quantitative estimate of drug-likeness (QED) is 0.751. The maximum Gasteiger partial charge on any atom is 0.153 e. The summed E-state index contributed by atoms with van der Waals surface area (Å²) < 4.78 is 0. The van der Waals surface area contributed by atoms with Gasteiger partial charge in [0, 0.05) is 23.0 Å². The highest BCUT2D eigenvalue weighted by Crippen LogP contribution is 2.38. The number of hydrogen-bond acceptors (Lipinski definition) is 3. The molecule has 0 spiro atoms. The molecule has 20 heavy (non-hydrogen) atoms. The summed E-state index contributed by atoms with van der Waals surface area (Å²) in [5.41, 5.74) is 9.16. The molecule has 0 unspecified atom stereocenters. The number of nitrogens with one attached hydrogen (secondary N) is 1. The fourth-order valence-corrected chi connectivity index (χ4v) is 2.43. The molecule has 0 radical (unpaired) electrons. The van der Waals surface area contributed by atoms with Crippen LogP contribution in [-0.4, -0.2) is 15.2 Å². The molecule has 2 aromatic heterocycles. The molecule has 3 aromatic rings. The van der Waals surface area contributed by atoms with Gasteiger partial charge in [0.05, 0.1) is 16.3 Å². The van der Waals surface area contributed by atoms with Gasteiger partial charge in [0.2, 0.25) is 0 Å². The summed E-state index contributed by atoms with van der Waals surface area (Å²) in [6.45, 7) is 0. The number of nitrogens with zero attached hydrogens (tertiary/aromatic N) is 2. The van der Waals surface area contributed by atoms with E-state index in [0.29, 0.717) is 15.9 Å². The van der Waals surface area contributed by atoms with E-state index >= 15 is 0 Å². The summed E-state index contributed by atoms with van der Waals surface area (Å²) in [6.07, 6.45) is 3.40. The lowest BCUT2D eigenvalue weighted by Crippen LogP contribution is -1.89. The van der Waals surface area contributed by atoms with Crippen LogP contribution in [0.15, 0.2) is 42.7 Å². The van der Waals surface area contributed by atoms with Crippen LogP contribution in [0.1, 0.15) is 0 Å². The first-order valence-corrected chi connectivity index (χ1v) is 6.62. The Hall–Kier alpha value is -2.04. The first kappa shape index (κ1) is 13.0. The number of rotatable bonds is 2. The Morgan fingerprint density at radius 2 is 1.80 bits per heavy atom. The molecule has 4 nitrogen and oxygen atoms in total. The molecule has 0 aliphatic carbocycles. The lowest BCUT2D eigenvalue weighted by molar-refractivity contribution is 1.10. The van der Waals surface area contributed by atoms with Crippen molar-refractivity contribution in [1.29, 1.82) is 0 Å². The van der Waals surface area contributed by atoms with E-state index < -0.39 is 0 Å². The van der Waals surface area contributed by atoms with E-state index in [-0.39, 0.29) is 0 Å². The maximum atomic E-state index is 6.24. The fourth-order valence-electron chi connectivity index (χ4n) is 2.05. The molecule has 0 saturated heterocycles. The van der Waals surface area contributed by atoms with E-state index in [1.807, 2.05) is 12.1 Å². The van der Waals surface area contributed by atoms with Gasteiger partial charge < -0.3 is 5.73 Å². The molecule has 0 amide bonds. The van der Waals surface area contributed by atoms with Crippen LogP contribution in [0.4, 0.5) is 5.82 Å². The van der Waals surface area contributed by atoms with Crippen molar-refractivity contribution in [3.63, 3.8) is 0 Å². The minimum Gasteiger partial charge on any atom is -0.382 e. The van der Waals surface area contributed by atoms with Gasteiger partial charge in [-0.05, 0) is 35.9 Å². The SMILES string of the molecule is Nc1n[nH]c(-c2cc(Cl)ccc2Cl)c1-c1ccncc1. The third-order valence-electron chi connectivity index (χ3n) is 2.96. The van der Waals surface area contributed by atoms with Crippen LogP contribution in [0, 0.1) is 0 Å². The summed E-state index contributed by atoms with van der Waals surface area (Å²) in [5, 5.41) is 8.16. The lowest BCUT2D eigenvalue weighted by Gasteiger charge is -2.07. The molecule has 0 saturated carbocycles. The van der Waals surface area contributed by atoms with E-state index in [4.69, 9.17) is 28.9 Å². The molecule has 0 fully saturated rings. The number of benzene rings is 1. The first-order chi connectivity index (χ1) is 9.66. The third-order valence-corrected chi connectivity index (χ3v) is 3.53. The van der Waals surface area contributed by atoms with Gasteiger partial charge in [-0.1, -0.05) is 23.2 Å². The maximum absolute atomic E-state index is 6.24. The molecule has 0 aliphatic heterocycles. The minimum absolute atomic E-state index is 0.405. The highest BCUT2D eigenvalue weighted by Gasteiger charge is 2.17. The van der Waals surface area contributed by atoms with Crippen LogP contribution in [0.3, 0.4) is 0 Å². The van der Waals surface area contributed by atoms with Gasteiger partial charge in [-0.3, -0.25) is 10.1 Å². The second-order valence-electron chi connectivity index (χ2n) is 4.22. The number of aromatic nitrogens is 3. The molecular weight excluding hydrogens is 295 g/mol. The Kier molecular flexibility index (Phi) is 3.34. The highest BCUT2D eigenvalue weighted by molar-refractivity contribution is 6.35. The molecule has 1 aromatic carbocycles. The Bertz CT molecular complexity index is 753. The normalized spacial score (nSPS) is 10.7. The van der Waals surface area contributed by atoms with Crippen molar-refractivity contribution in [2.75, 3.05) is 5.73 Å². The number of nitrogen functional groups attached to an aromatic ring is 1. The zero-order chi connectivity index (χ0) is 14.1. The largest absolute Gasteiger partial charge is 0.382 e.